The first-order valence-corrected chi connectivity index (χ1v) is 6.95. The van der Waals surface area contributed by atoms with E-state index in [-0.39, 0.29) is 0 Å². The molecule has 4 nitrogen and oxygen atoms in total. The molecule has 0 atom stereocenters. The second-order valence-corrected chi connectivity index (χ2v) is 5.07. The summed E-state index contributed by atoms with van der Waals surface area (Å²) in [4.78, 5) is 12.8. The first kappa shape index (κ1) is 13.8. The van der Waals surface area contributed by atoms with Gasteiger partial charge in [0, 0.05) is 16.9 Å². The number of pyridine rings is 1. The number of aromatic nitrogens is 3. The Balaban J connectivity index is 1.88. The Labute approximate surface area is 131 Å². The van der Waals surface area contributed by atoms with Crippen LogP contribution in [0.2, 0.25) is 10.2 Å². The summed E-state index contributed by atoms with van der Waals surface area (Å²) in [5, 5.41) is 4.28. The van der Waals surface area contributed by atoms with Gasteiger partial charge in [0.1, 0.15) is 16.7 Å². The quantitative estimate of drug-likeness (QED) is 0.718. The SMILES string of the molecule is Clc1ccc(Nc2ccnc(-c3cccc(Cl)n3)n2)cc1. The third kappa shape index (κ3) is 3.48. The molecule has 21 heavy (non-hydrogen) atoms. The van der Waals surface area contributed by atoms with E-state index in [9.17, 15) is 0 Å². The van der Waals surface area contributed by atoms with E-state index < -0.39 is 0 Å². The Bertz CT molecular complexity index is 760. The molecule has 0 aliphatic heterocycles. The van der Waals surface area contributed by atoms with Crippen LogP contribution >= 0.6 is 23.2 Å². The van der Waals surface area contributed by atoms with Gasteiger partial charge in [-0.1, -0.05) is 29.3 Å². The van der Waals surface area contributed by atoms with E-state index in [1.807, 2.05) is 36.4 Å². The van der Waals surface area contributed by atoms with Crippen molar-refractivity contribution >= 4 is 34.7 Å². The molecule has 0 unspecified atom stereocenters. The van der Waals surface area contributed by atoms with Crippen LogP contribution in [0.25, 0.3) is 11.5 Å². The molecule has 0 aliphatic carbocycles. The lowest BCUT2D eigenvalue weighted by molar-refractivity contribution is 1.14. The van der Waals surface area contributed by atoms with Gasteiger partial charge < -0.3 is 5.32 Å². The Hall–Kier alpha value is -2.17. The largest absolute Gasteiger partial charge is 0.340 e. The molecule has 0 radical (unpaired) electrons. The molecule has 2 aromatic heterocycles. The molecular weight excluding hydrogens is 307 g/mol. The predicted molar refractivity (Wildman–Crippen MR) is 85.0 cm³/mol. The highest BCUT2D eigenvalue weighted by Gasteiger charge is 2.05. The van der Waals surface area contributed by atoms with E-state index in [1.54, 1.807) is 18.3 Å². The summed E-state index contributed by atoms with van der Waals surface area (Å²) < 4.78 is 0. The fraction of sp³-hybridized carbons (Fsp3) is 0. The van der Waals surface area contributed by atoms with Crippen LogP contribution in [-0.4, -0.2) is 15.0 Å². The van der Waals surface area contributed by atoms with Gasteiger partial charge in [0.2, 0.25) is 0 Å². The Kier molecular flexibility index (Phi) is 3.99. The number of hydrogen-bond donors (Lipinski definition) is 1. The second-order valence-electron chi connectivity index (χ2n) is 4.24. The first-order valence-electron chi connectivity index (χ1n) is 6.19. The molecule has 3 rings (SSSR count). The molecule has 2 heterocycles. The average Bonchev–Trinajstić information content (AvgIpc) is 2.50. The van der Waals surface area contributed by atoms with Crippen LogP contribution in [0.15, 0.2) is 54.7 Å². The maximum Gasteiger partial charge on any atom is 0.180 e. The Morgan fingerprint density at radius 1 is 0.857 bits per heavy atom. The van der Waals surface area contributed by atoms with Crippen LogP contribution in [0.4, 0.5) is 11.5 Å². The number of nitrogens with one attached hydrogen (secondary N) is 1. The van der Waals surface area contributed by atoms with Crippen molar-refractivity contribution in [2.45, 2.75) is 0 Å². The van der Waals surface area contributed by atoms with Crippen LogP contribution in [-0.2, 0) is 0 Å². The summed E-state index contributed by atoms with van der Waals surface area (Å²) >= 11 is 11.7. The molecule has 1 N–H and O–H groups in total. The molecule has 0 spiro atoms. The molecule has 3 aromatic rings. The number of halogens is 2. The van der Waals surface area contributed by atoms with Gasteiger partial charge in [-0.25, -0.2) is 15.0 Å². The lowest BCUT2D eigenvalue weighted by Gasteiger charge is -2.07. The smallest absolute Gasteiger partial charge is 0.180 e. The number of benzene rings is 1. The number of hydrogen-bond acceptors (Lipinski definition) is 4. The van der Waals surface area contributed by atoms with Gasteiger partial charge in [-0.05, 0) is 42.5 Å². The van der Waals surface area contributed by atoms with Gasteiger partial charge in [-0.2, -0.15) is 0 Å². The maximum atomic E-state index is 5.88. The minimum absolute atomic E-state index is 0.409. The monoisotopic (exact) mass is 316 g/mol. The van der Waals surface area contributed by atoms with Crippen molar-refractivity contribution in [3.05, 3.63) is 64.9 Å². The second kappa shape index (κ2) is 6.08. The summed E-state index contributed by atoms with van der Waals surface area (Å²) in [6.45, 7) is 0. The lowest BCUT2D eigenvalue weighted by Crippen LogP contribution is -1.97. The van der Waals surface area contributed by atoms with E-state index >= 15 is 0 Å². The molecule has 1 aromatic carbocycles. The van der Waals surface area contributed by atoms with Gasteiger partial charge in [-0.3, -0.25) is 0 Å². The zero-order chi connectivity index (χ0) is 14.7. The molecule has 6 heteroatoms. The molecule has 0 fully saturated rings. The fourth-order valence-corrected chi connectivity index (χ4v) is 2.06. The van der Waals surface area contributed by atoms with Crippen molar-refractivity contribution in [2.24, 2.45) is 0 Å². The molecule has 0 amide bonds. The Morgan fingerprint density at radius 3 is 2.43 bits per heavy atom. The highest BCUT2D eigenvalue weighted by molar-refractivity contribution is 6.30. The standard InChI is InChI=1S/C15H10Cl2N4/c16-10-4-6-11(7-5-10)19-14-8-9-18-15(21-14)12-2-1-3-13(17)20-12/h1-9H,(H,18,19,21). The molecule has 0 bridgehead atoms. The van der Waals surface area contributed by atoms with Gasteiger partial charge in [0.15, 0.2) is 5.82 Å². The van der Waals surface area contributed by atoms with E-state index in [2.05, 4.69) is 20.3 Å². The maximum absolute atomic E-state index is 5.88. The lowest BCUT2D eigenvalue weighted by atomic mass is 10.3. The third-order valence-corrected chi connectivity index (χ3v) is 3.18. The first-order chi connectivity index (χ1) is 10.2. The van der Waals surface area contributed by atoms with Crippen LogP contribution in [0, 0.1) is 0 Å². The molecule has 0 saturated heterocycles. The summed E-state index contributed by atoms with van der Waals surface area (Å²) in [6, 6.07) is 14.5. The predicted octanol–water partition coefficient (Wildman–Crippen LogP) is 4.59. The van der Waals surface area contributed by atoms with Crippen LogP contribution in [0.5, 0.6) is 0 Å². The van der Waals surface area contributed by atoms with Crippen molar-refractivity contribution < 1.29 is 0 Å². The van der Waals surface area contributed by atoms with Gasteiger partial charge in [0.05, 0.1) is 0 Å². The molecule has 104 valence electrons. The number of rotatable bonds is 3. The summed E-state index contributed by atoms with van der Waals surface area (Å²) in [5.74, 6) is 1.18. The van der Waals surface area contributed by atoms with E-state index in [1.165, 1.54) is 0 Å². The summed E-state index contributed by atoms with van der Waals surface area (Å²) in [6.07, 6.45) is 1.67. The van der Waals surface area contributed by atoms with Crippen molar-refractivity contribution in [1.82, 2.24) is 15.0 Å². The van der Waals surface area contributed by atoms with Gasteiger partial charge in [-0.15, -0.1) is 0 Å². The average molecular weight is 317 g/mol. The normalized spacial score (nSPS) is 10.4. The van der Waals surface area contributed by atoms with Crippen molar-refractivity contribution in [3.8, 4) is 11.5 Å². The highest BCUT2D eigenvalue weighted by Crippen LogP contribution is 2.20. The van der Waals surface area contributed by atoms with Crippen LogP contribution in [0.1, 0.15) is 0 Å². The van der Waals surface area contributed by atoms with E-state index in [0.29, 0.717) is 27.5 Å². The number of anilines is 2. The van der Waals surface area contributed by atoms with E-state index in [0.717, 1.165) is 5.69 Å². The fourth-order valence-electron chi connectivity index (χ4n) is 1.77. The third-order valence-electron chi connectivity index (χ3n) is 2.72. The van der Waals surface area contributed by atoms with Gasteiger partial charge in [0.25, 0.3) is 0 Å². The minimum atomic E-state index is 0.409. The summed E-state index contributed by atoms with van der Waals surface area (Å²) in [7, 11) is 0. The summed E-state index contributed by atoms with van der Waals surface area (Å²) in [5.41, 5.74) is 1.52. The van der Waals surface area contributed by atoms with Gasteiger partial charge >= 0.3 is 0 Å². The molecule has 0 aliphatic rings. The van der Waals surface area contributed by atoms with Crippen molar-refractivity contribution in [1.29, 1.82) is 0 Å². The van der Waals surface area contributed by atoms with Crippen LogP contribution in [0.3, 0.4) is 0 Å². The Morgan fingerprint density at radius 2 is 1.67 bits per heavy atom. The minimum Gasteiger partial charge on any atom is -0.340 e. The molecule has 0 saturated carbocycles. The van der Waals surface area contributed by atoms with Crippen LogP contribution < -0.4 is 5.32 Å². The van der Waals surface area contributed by atoms with E-state index in [4.69, 9.17) is 23.2 Å². The zero-order valence-electron chi connectivity index (χ0n) is 10.8. The molecular formula is C15H10Cl2N4. The zero-order valence-corrected chi connectivity index (χ0v) is 12.3. The van der Waals surface area contributed by atoms with Crippen molar-refractivity contribution in [3.63, 3.8) is 0 Å². The topological polar surface area (TPSA) is 50.7 Å². The number of nitrogens with zero attached hydrogens (tertiary/aromatic N) is 3. The highest BCUT2D eigenvalue weighted by atomic mass is 35.5. The van der Waals surface area contributed by atoms with Crippen molar-refractivity contribution in [2.75, 3.05) is 5.32 Å².